The van der Waals surface area contributed by atoms with Gasteiger partial charge in [-0.15, -0.1) is 0 Å². The number of nitrogens with zero attached hydrogens (tertiary/aromatic N) is 3. The number of amidine groups is 1. The average Bonchev–Trinajstić information content (AvgIpc) is 2.60. The number of aliphatic imine (C=N–C) groups is 1. The van der Waals surface area contributed by atoms with Crippen molar-refractivity contribution < 1.29 is 9.59 Å². The number of carbonyl (C=O) groups excluding carboxylic acids is 2. The van der Waals surface area contributed by atoms with Crippen LogP contribution in [0.2, 0.25) is 10.0 Å². The number of amides is 3. The van der Waals surface area contributed by atoms with E-state index in [0.717, 1.165) is 18.5 Å². The lowest BCUT2D eigenvalue weighted by Gasteiger charge is -2.46. The van der Waals surface area contributed by atoms with Crippen molar-refractivity contribution in [2.45, 2.75) is 39.5 Å². The normalized spacial score (nSPS) is 19.2. The number of rotatable bonds is 5. The summed E-state index contributed by atoms with van der Waals surface area (Å²) < 4.78 is 0. The Labute approximate surface area is 163 Å². The van der Waals surface area contributed by atoms with Crippen LogP contribution in [-0.4, -0.2) is 36.0 Å². The summed E-state index contributed by atoms with van der Waals surface area (Å²) in [4.78, 5) is 33.3. The maximum Gasteiger partial charge on any atom is 0.331 e. The Bertz CT molecular complexity index is 760. The molecule has 2 heterocycles. The molecule has 3 rings (SSSR count). The molecule has 0 atom stereocenters. The number of urea groups is 1. The molecule has 0 spiro atoms. The van der Waals surface area contributed by atoms with Gasteiger partial charge in [-0.25, -0.2) is 9.79 Å². The third kappa shape index (κ3) is 3.16. The first-order chi connectivity index (χ1) is 12.4. The highest BCUT2D eigenvalue weighted by Gasteiger charge is 2.51. The fourth-order valence-corrected chi connectivity index (χ4v) is 4.32. The largest absolute Gasteiger partial charge is 0.332 e. The number of anilines is 1. The van der Waals surface area contributed by atoms with Crippen LogP contribution in [0.3, 0.4) is 0 Å². The minimum atomic E-state index is -0.743. The zero-order chi connectivity index (χ0) is 18.9. The van der Waals surface area contributed by atoms with Crippen LogP contribution in [0.1, 0.15) is 39.5 Å². The van der Waals surface area contributed by atoms with E-state index in [4.69, 9.17) is 23.2 Å². The molecule has 0 unspecified atom stereocenters. The summed E-state index contributed by atoms with van der Waals surface area (Å²) in [6.45, 7) is 4.70. The minimum absolute atomic E-state index is 0.237. The predicted molar refractivity (Wildman–Crippen MR) is 104 cm³/mol. The van der Waals surface area contributed by atoms with E-state index in [0.29, 0.717) is 35.4 Å². The van der Waals surface area contributed by atoms with Gasteiger partial charge in [0.25, 0.3) is 0 Å². The summed E-state index contributed by atoms with van der Waals surface area (Å²) in [5.74, 6) is 0.343. The van der Waals surface area contributed by atoms with E-state index in [1.807, 2.05) is 24.8 Å². The second-order valence-electron chi connectivity index (χ2n) is 6.67. The number of hydrogen-bond donors (Lipinski definition) is 1. The van der Waals surface area contributed by atoms with Crippen molar-refractivity contribution >= 4 is 46.7 Å². The Morgan fingerprint density at radius 1 is 1.19 bits per heavy atom. The molecule has 8 heteroatoms. The van der Waals surface area contributed by atoms with E-state index in [1.165, 1.54) is 0 Å². The molecule has 140 valence electrons. The first kappa shape index (κ1) is 19.0. The van der Waals surface area contributed by atoms with E-state index >= 15 is 0 Å². The maximum absolute atomic E-state index is 12.7. The molecule has 0 bridgehead atoms. The Kier molecular flexibility index (Phi) is 5.44. The Hall–Kier alpha value is -1.79. The van der Waals surface area contributed by atoms with Crippen molar-refractivity contribution in [1.82, 2.24) is 10.2 Å². The molecule has 26 heavy (non-hydrogen) atoms. The third-order valence-electron chi connectivity index (χ3n) is 4.89. The van der Waals surface area contributed by atoms with Gasteiger partial charge in [0.05, 0.1) is 10.7 Å². The van der Waals surface area contributed by atoms with E-state index in [2.05, 4.69) is 10.3 Å². The summed E-state index contributed by atoms with van der Waals surface area (Å²) >= 11 is 12.3. The molecule has 0 aromatic heterocycles. The average molecular weight is 397 g/mol. The van der Waals surface area contributed by atoms with Gasteiger partial charge in [0, 0.05) is 5.02 Å². The summed E-state index contributed by atoms with van der Waals surface area (Å²) in [5, 5.41) is 3.57. The number of benzene rings is 1. The molecule has 1 saturated heterocycles. The first-order valence-corrected chi connectivity index (χ1v) is 9.56. The molecule has 2 aliphatic rings. The highest BCUT2D eigenvalue weighted by Crippen LogP contribution is 2.38. The van der Waals surface area contributed by atoms with Crippen LogP contribution < -0.4 is 10.2 Å². The fraction of sp³-hybridized carbons (Fsp3) is 0.500. The number of halogens is 2. The third-order valence-corrected chi connectivity index (χ3v) is 5.43. The van der Waals surface area contributed by atoms with Crippen molar-refractivity contribution in [3.05, 3.63) is 28.2 Å². The van der Waals surface area contributed by atoms with Crippen LogP contribution in [0.4, 0.5) is 10.5 Å². The van der Waals surface area contributed by atoms with Crippen molar-refractivity contribution in [2.24, 2.45) is 10.4 Å². The SMILES string of the molecule is CCCC1(CCC)C(=O)NC(=O)N2CN(c3ccc(Cl)cc3Cl)CN=C21. The summed E-state index contributed by atoms with van der Waals surface area (Å²) in [7, 11) is 0. The lowest BCUT2D eigenvalue weighted by molar-refractivity contribution is -0.128. The second kappa shape index (κ2) is 7.45. The van der Waals surface area contributed by atoms with Gasteiger partial charge in [-0.1, -0.05) is 49.9 Å². The van der Waals surface area contributed by atoms with Gasteiger partial charge in [0.1, 0.15) is 24.6 Å². The Balaban J connectivity index is 1.99. The minimum Gasteiger partial charge on any atom is -0.332 e. The van der Waals surface area contributed by atoms with Crippen molar-refractivity contribution in [3.8, 4) is 0 Å². The number of fused-ring (bicyclic) bond motifs is 1. The van der Waals surface area contributed by atoms with E-state index < -0.39 is 11.4 Å². The highest BCUT2D eigenvalue weighted by atomic mass is 35.5. The Morgan fingerprint density at radius 2 is 1.88 bits per heavy atom. The fourth-order valence-electron chi connectivity index (χ4n) is 3.80. The topological polar surface area (TPSA) is 65.0 Å². The first-order valence-electron chi connectivity index (χ1n) is 8.80. The molecular formula is C18H22Cl2N4O2. The number of carbonyl (C=O) groups is 2. The quantitative estimate of drug-likeness (QED) is 0.807. The molecule has 1 fully saturated rings. The standard InChI is InChI=1S/C18H22Cl2N4O2/c1-3-7-18(8-4-2)15-21-10-23(11-24(15)17(26)22-16(18)25)14-6-5-12(19)9-13(14)20/h5-6,9H,3-4,7-8,10-11H2,1-2H3,(H,22,25,26). The number of hydrogen-bond acceptors (Lipinski definition) is 4. The van der Waals surface area contributed by atoms with Gasteiger partial charge in [-0.2, -0.15) is 0 Å². The van der Waals surface area contributed by atoms with Gasteiger partial charge in [0.15, 0.2) is 0 Å². The van der Waals surface area contributed by atoms with Gasteiger partial charge in [-0.05, 0) is 31.0 Å². The maximum atomic E-state index is 12.7. The Morgan fingerprint density at radius 3 is 2.50 bits per heavy atom. The molecule has 6 nitrogen and oxygen atoms in total. The summed E-state index contributed by atoms with van der Waals surface area (Å²) in [6.07, 6.45) is 3.00. The van der Waals surface area contributed by atoms with Crippen molar-refractivity contribution in [3.63, 3.8) is 0 Å². The smallest absolute Gasteiger partial charge is 0.331 e. The van der Waals surface area contributed by atoms with Crippen molar-refractivity contribution in [2.75, 3.05) is 18.2 Å². The molecule has 1 aromatic rings. The zero-order valence-electron chi connectivity index (χ0n) is 14.9. The van der Waals surface area contributed by atoms with Gasteiger partial charge in [-0.3, -0.25) is 15.0 Å². The van der Waals surface area contributed by atoms with Crippen LogP contribution >= 0.6 is 23.2 Å². The summed E-state index contributed by atoms with van der Waals surface area (Å²) in [5.41, 5.74) is 0.00737. The highest BCUT2D eigenvalue weighted by molar-refractivity contribution is 6.36. The van der Waals surface area contributed by atoms with Crippen LogP contribution in [0.5, 0.6) is 0 Å². The second-order valence-corrected chi connectivity index (χ2v) is 7.51. The van der Waals surface area contributed by atoms with Gasteiger partial charge in [0.2, 0.25) is 5.91 Å². The van der Waals surface area contributed by atoms with Gasteiger partial charge < -0.3 is 4.90 Å². The van der Waals surface area contributed by atoms with E-state index in [1.54, 1.807) is 17.0 Å². The lowest BCUT2D eigenvalue weighted by Crippen LogP contribution is -2.67. The number of imide groups is 1. The molecule has 1 aromatic carbocycles. The van der Waals surface area contributed by atoms with Crippen LogP contribution in [0.25, 0.3) is 0 Å². The van der Waals surface area contributed by atoms with Crippen molar-refractivity contribution in [1.29, 1.82) is 0 Å². The lowest BCUT2D eigenvalue weighted by atomic mass is 9.75. The van der Waals surface area contributed by atoms with Crippen LogP contribution in [-0.2, 0) is 4.79 Å². The molecule has 0 radical (unpaired) electrons. The molecule has 0 saturated carbocycles. The molecular weight excluding hydrogens is 375 g/mol. The van der Waals surface area contributed by atoms with E-state index in [9.17, 15) is 9.59 Å². The van der Waals surface area contributed by atoms with Gasteiger partial charge >= 0.3 is 6.03 Å². The summed E-state index contributed by atoms with van der Waals surface area (Å²) in [6, 6.07) is 4.78. The molecule has 2 aliphatic heterocycles. The van der Waals surface area contributed by atoms with Crippen LogP contribution in [0.15, 0.2) is 23.2 Å². The molecule has 3 amide bonds. The number of nitrogens with one attached hydrogen (secondary N) is 1. The van der Waals surface area contributed by atoms with Crippen LogP contribution in [0, 0.1) is 5.41 Å². The monoisotopic (exact) mass is 396 g/mol. The zero-order valence-corrected chi connectivity index (χ0v) is 16.4. The predicted octanol–water partition coefficient (Wildman–Crippen LogP) is 4.27. The van der Waals surface area contributed by atoms with E-state index in [-0.39, 0.29) is 12.6 Å². The molecule has 0 aliphatic carbocycles. The molecule has 1 N–H and O–H groups in total.